The third kappa shape index (κ3) is 3.15. The Balaban J connectivity index is 2.23. The smallest absolute Gasteiger partial charge is 0.0514 e. The Bertz CT molecular complexity index is 399. The minimum atomic E-state index is 0.864. The third-order valence-corrected chi connectivity index (χ3v) is 3.98. The van der Waals surface area contributed by atoms with Gasteiger partial charge < -0.3 is 10.6 Å². The Morgan fingerprint density at radius 1 is 1.41 bits per heavy atom. The van der Waals surface area contributed by atoms with Crippen LogP contribution < -0.4 is 10.6 Å². The van der Waals surface area contributed by atoms with Gasteiger partial charge in [-0.25, -0.2) is 0 Å². The Hall–Kier alpha value is -0.700. The number of aryl methyl sites for hydroxylation is 1. The molecule has 0 bridgehead atoms. The van der Waals surface area contributed by atoms with Crippen LogP contribution in [-0.4, -0.2) is 13.1 Å². The quantitative estimate of drug-likeness (QED) is 0.833. The van der Waals surface area contributed by atoms with Crippen molar-refractivity contribution in [1.29, 1.82) is 0 Å². The fourth-order valence-electron chi connectivity index (χ4n) is 2.12. The number of hydrogen-bond acceptors (Lipinski definition) is 2. The van der Waals surface area contributed by atoms with E-state index in [9.17, 15) is 0 Å². The second-order valence-electron chi connectivity index (χ2n) is 5.05. The van der Waals surface area contributed by atoms with Gasteiger partial charge in [-0.1, -0.05) is 6.92 Å². The fourth-order valence-corrected chi connectivity index (χ4v) is 2.73. The molecule has 2 rings (SSSR count). The van der Waals surface area contributed by atoms with Crippen molar-refractivity contribution in [3.8, 4) is 0 Å². The number of nitrogen functional groups attached to an aromatic ring is 1. The highest BCUT2D eigenvalue weighted by atomic mass is 79.9. The number of nitrogens with two attached hydrogens (primary N) is 1. The Kier molecular flexibility index (Phi) is 3.97. The Morgan fingerprint density at radius 2 is 2.12 bits per heavy atom. The largest absolute Gasteiger partial charge is 0.398 e. The molecule has 1 saturated carbocycles. The van der Waals surface area contributed by atoms with Gasteiger partial charge in [0, 0.05) is 23.2 Å². The summed E-state index contributed by atoms with van der Waals surface area (Å²) in [7, 11) is 0. The molecule has 1 aliphatic rings. The van der Waals surface area contributed by atoms with E-state index in [1.165, 1.54) is 37.1 Å². The molecular formula is C14H21BrN2. The van der Waals surface area contributed by atoms with E-state index < -0.39 is 0 Å². The topological polar surface area (TPSA) is 29.3 Å². The molecule has 0 aliphatic heterocycles. The van der Waals surface area contributed by atoms with Crippen LogP contribution in [0.3, 0.4) is 0 Å². The van der Waals surface area contributed by atoms with Crippen molar-refractivity contribution in [1.82, 2.24) is 0 Å². The van der Waals surface area contributed by atoms with E-state index in [1.807, 2.05) is 6.07 Å². The number of halogens is 1. The molecule has 2 nitrogen and oxygen atoms in total. The molecule has 0 amide bonds. The number of anilines is 2. The average molecular weight is 297 g/mol. The van der Waals surface area contributed by atoms with Crippen LogP contribution in [-0.2, 0) is 0 Å². The summed E-state index contributed by atoms with van der Waals surface area (Å²) in [6, 6.07) is 4.23. The first-order chi connectivity index (χ1) is 8.11. The molecule has 1 aromatic rings. The van der Waals surface area contributed by atoms with Crippen molar-refractivity contribution in [2.24, 2.45) is 5.92 Å². The Morgan fingerprint density at radius 3 is 2.71 bits per heavy atom. The lowest BCUT2D eigenvalue weighted by molar-refractivity contribution is 0.707. The maximum absolute atomic E-state index is 5.93. The van der Waals surface area contributed by atoms with Gasteiger partial charge in [-0.15, -0.1) is 0 Å². The van der Waals surface area contributed by atoms with Crippen molar-refractivity contribution in [3.05, 3.63) is 22.2 Å². The predicted octanol–water partition coefficient (Wildman–Crippen LogP) is 3.97. The van der Waals surface area contributed by atoms with Gasteiger partial charge in [0.25, 0.3) is 0 Å². The van der Waals surface area contributed by atoms with Crippen LogP contribution in [0.25, 0.3) is 0 Å². The van der Waals surface area contributed by atoms with Crippen LogP contribution in [0.4, 0.5) is 11.4 Å². The first-order valence-electron chi connectivity index (χ1n) is 6.42. The molecule has 0 unspecified atom stereocenters. The highest BCUT2D eigenvalue weighted by molar-refractivity contribution is 9.10. The highest BCUT2D eigenvalue weighted by Crippen LogP contribution is 2.35. The van der Waals surface area contributed by atoms with Crippen molar-refractivity contribution in [2.75, 3.05) is 23.7 Å². The summed E-state index contributed by atoms with van der Waals surface area (Å²) < 4.78 is 1.12. The molecule has 3 heteroatoms. The van der Waals surface area contributed by atoms with Gasteiger partial charge in [-0.3, -0.25) is 0 Å². The average Bonchev–Trinajstić information content (AvgIpc) is 3.07. The number of hydrogen-bond donors (Lipinski definition) is 1. The fraction of sp³-hybridized carbons (Fsp3) is 0.571. The van der Waals surface area contributed by atoms with E-state index in [0.717, 1.165) is 22.6 Å². The molecule has 1 aliphatic carbocycles. The van der Waals surface area contributed by atoms with E-state index in [-0.39, 0.29) is 0 Å². The summed E-state index contributed by atoms with van der Waals surface area (Å²) in [6.45, 7) is 6.62. The van der Waals surface area contributed by atoms with Crippen molar-refractivity contribution < 1.29 is 0 Å². The van der Waals surface area contributed by atoms with Gasteiger partial charge in [0.15, 0.2) is 0 Å². The summed E-state index contributed by atoms with van der Waals surface area (Å²) in [5.41, 5.74) is 9.26. The molecule has 0 aromatic heterocycles. The lowest BCUT2D eigenvalue weighted by Gasteiger charge is -2.26. The maximum atomic E-state index is 5.93. The first-order valence-corrected chi connectivity index (χ1v) is 7.21. The zero-order chi connectivity index (χ0) is 12.4. The van der Waals surface area contributed by atoms with E-state index >= 15 is 0 Å². The molecule has 0 spiro atoms. The number of nitrogens with zero attached hydrogens (tertiary/aromatic N) is 1. The summed E-state index contributed by atoms with van der Waals surface area (Å²) in [5, 5.41) is 0. The van der Waals surface area contributed by atoms with Gasteiger partial charge in [-0.2, -0.15) is 0 Å². The van der Waals surface area contributed by atoms with Gasteiger partial charge in [-0.05, 0) is 65.7 Å². The monoisotopic (exact) mass is 296 g/mol. The normalized spacial score (nSPS) is 15.0. The third-order valence-electron chi connectivity index (χ3n) is 3.35. The lowest BCUT2D eigenvalue weighted by atomic mass is 10.1. The summed E-state index contributed by atoms with van der Waals surface area (Å²) in [6.07, 6.45) is 3.97. The standard InChI is InChI=1S/C14H21BrN2/c1-3-6-17(9-11-4-5-11)14-7-10(2)13(16)8-12(14)15/h7-8,11H,3-6,9,16H2,1-2H3. The SMILES string of the molecule is CCCN(CC1CC1)c1cc(C)c(N)cc1Br. The van der Waals surface area contributed by atoms with Crippen LogP contribution in [0.5, 0.6) is 0 Å². The van der Waals surface area contributed by atoms with Crippen LogP contribution in [0.2, 0.25) is 0 Å². The molecular weight excluding hydrogens is 276 g/mol. The summed E-state index contributed by atoms with van der Waals surface area (Å²) in [5.74, 6) is 0.909. The second kappa shape index (κ2) is 5.30. The minimum Gasteiger partial charge on any atom is -0.398 e. The van der Waals surface area contributed by atoms with E-state index in [0.29, 0.717) is 0 Å². The predicted molar refractivity (Wildman–Crippen MR) is 78.5 cm³/mol. The second-order valence-corrected chi connectivity index (χ2v) is 5.90. The van der Waals surface area contributed by atoms with Crippen LogP contribution in [0.15, 0.2) is 16.6 Å². The van der Waals surface area contributed by atoms with Crippen LogP contribution in [0.1, 0.15) is 31.7 Å². The molecule has 1 fully saturated rings. The molecule has 94 valence electrons. The van der Waals surface area contributed by atoms with Gasteiger partial charge in [0.1, 0.15) is 0 Å². The molecule has 17 heavy (non-hydrogen) atoms. The van der Waals surface area contributed by atoms with Crippen molar-refractivity contribution >= 4 is 27.3 Å². The lowest BCUT2D eigenvalue weighted by Crippen LogP contribution is -2.27. The van der Waals surface area contributed by atoms with Crippen molar-refractivity contribution in [3.63, 3.8) is 0 Å². The van der Waals surface area contributed by atoms with Gasteiger partial charge in [0.2, 0.25) is 0 Å². The molecule has 2 N–H and O–H groups in total. The van der Waals surface area contributed by atoms with E-state index in [1.54, 1.807) is 0 Å². The molecule has 0 radical (unpaired) electrons. The van der Waals surface area contributed by atoms with E-state index in [4.69, 9.17) is 5.73 Å². The molecule has 0 heterocycles. The number of rotatable bonds is 5. The first kappa shape index (κ1) is 12.7. The molecule has 0 saturated heterocycles. The molecule has 1 aromatic carbocycles. The van der Waals surface area contributed by atoms with Gasteiger partial charge in [0.05, 0.1) is 5.69 Å². The van der Waals surface area contributed by atoms with Gasteiger partial charge >= 0.3 is 0 Å². The molecule has 0 atom stereocenters. The van der Waals surface area contributed by atoms with Crippen molar-refractivity contribution in [2.45, 2.75) is 33.1 Å². The minimum absolute atomic E-state index is 0.864. The highest BCUT2D eigenvalue weighted by Gasteiger charge is 2.25. The van der Waals surface area contributed by atoms with Crippen LogP contribution in [0, 0.1) is 12.8 Å². The summed E-state index contributed by atoms with van der Waals surface area (Å²) >= 11 is 3.64. The zero-order valence-corrected chi connectivity index (χ0v) is 12.3. The zero-order valence-electron chi connectivity index (χ0n) is 10.7. The number of benzene rings is 1. The van der Waals surface area contributed by atoms with Crippen LogP contribution >= 0.6 is 15.9 Å². The van der Waals surface area contributed by atoms with E-state index in [2.05, 4.69) is 40.7 Å². The Labute approximate surface area is 112 Å². The maximum Gasteiger partial charge on any atom is 0.0514 e. The summed E-state index contributed by atoms with van der Waals surface area (Å²) in [4.78, 5) is 2.49.